The van der Waals surface area contributed by atoms with Crippen LogP contribution in [0.1, 0.15) is 49.7 Å². The summed E-state index contributed by atoms with van der Waals surface area (Å²) >= 11 is 0. The van der Waals surface area contributed by atoms with Crippen molar-refractivity contribution in [1.29, 1.82) is 0 Å². The van der Waals surface area contributed by atoms with Gasteiger partial charge in [-0.05, 0) is 87.0 Å². The first-order chi connectivity index (χ1) is 12.8. The zero-order chi connectivity index (χ0) is 18.0. The molecule has 0 bridgehead atoms. The van der Waals surface area contributed by atoms with Crippen LogP contribution in [-0.2, 0) is 6.42 Å². The van der Waals surface area contributed by atoms with Crippen molar-refractivity contribution in [3.05, 3.63) is 77.6 Å². The minimum atomic E-state index is -0.161. The molecule has 1 aliphatic rings. The number of rotatable bonds is 8. The normalized spacial score (nSPS) is 16.0. The minimum absolute atomic E-state index is 0.161. The lowest BCUT2D eigenvalue weighted by molar-refractivity contribution is 0.227. The average Bonchev–Trinajstić information content (AvgIpc) is 2.69. The zero-order valence-corrected chi connectivity index (χ0v) is 15.7. The molecule has 26 heavy (non-hydrogen) atoms. The number of allylic oxidation sites excluding steroid dienone is 2. The Labute approximate surface area is 157 Å². The molecule has 3 rings (SSSR count). The van der Waals surface area contributed by atoms with Crippen molar-refractivity contribution < 1.29 is 4.39 Å². The predicted octanol–water partition coefficient (Wildman–Crippen LogP) is 6.11. The second kappa shape index (κ2) is 10.3. The van der Waals surface area contributed by atoms with E-state index >= 15 is 0 Å². The quantitative estimate of drug-likeness (QED) is 0.555. The summed E-state index contributed by atoms with van der Waals surface area (Å²) in [4.78, 5) is 2.59. The number of halogens is 1. The van der Waals surface area contributed by atoms with Gasteiger partial charge in [0.15, 0.2) is 0 Å². The van der Waals surface area contributed by atoms with Gasteiger partial charge in [0.25, 0.3) is 0 Å². The highest BCUT2D eigenvalue weighted by molar-refractivity contribution is 5.65. The largest absolute Gasteiger partial charge is 0.303 e. The van der Waals surface area contributed by atoms with E-state index in [4.69, 9.17) is 0 Å². The standard InChI is InChI=1S/C24H30FN/c25-24-16-14-23(15-17-24)22(12-7-11-21-9-3-1-4-10-21)13-8-20-26-18-5-2-6-19-26/h1,3-4,9-10,12,14-17H,2,5-8,11,13,18-20H2. The second-order valence-electron chi connectivity index (χ2n) is 7.27. The summed E-state index contributed by atoms with van der Waals surface area (Å²) in [5, 5.41) is 0. The molecule has 1 nitrogen and oxygen atoms in total. The van der Waals surface area contributed by atoms with Crippen LogP contribution in [0.5, 0.6) is 0 Å². The van der Waals surface area contributed by atoms with Crippen LogP contribution in [0.25, 0.3) is 5.57 Å². The lowest BCUT2D eigenvalue weighted by Crippen LogP contribution is -2.30. The summed E-state index contributed by atoms with van der Waals surface area (Å²) < 4.78 is 13.3. The maximum absolute atomic E-state index is 13.3. The van der Waals surface area contributed by atoms with E-state index in [0.717, 1.165) is 24.8 Å². The average molecular weight is 352 g/mol. The third-order valence-corrected chi connectivity index (χ3v) is 5.25. The highest BCUT2D eigenvalue weighted by atomic mass is 19.1. The van der Waals surface area contributed by atoms with Gasteiger partial charge in [0.2, 0.25) is 0 Å². The molecule has 1 saturated heterocycles. The van der Waals surface area contributed by atoms with Gasteiger partial charge in [-0.1, -0.05) is 55.0 Å². The molecule has 0 aromatic heterocycles. The number of aryl methyl sites for hydroxylation is 1. The molecule has 0 N–H and O–H groups in total. The SMILES string of the molecule is Fc1ccc(C(=CCCc2ccccc2)CCCN2CCCCC2)cc1. The maximum Gasteiger partial charge on any atom is 0.123 e. The molecular formula is C24H30FN. The van der Waals surface area contributed by atoms with Crippen LogP contribution in [-0.4, -0.2) is 24.5 Å². The van der Waals surface area contributed by atoms with Gasteiger partial charge in [-0.25, -0.2) is 4.39 Å². The second-order valence-corrected chi connectivity index (χ2v) is 7.27. The van der Waals surface area contributed by atoms with Crippen LogP contribution in [0.4, 0.5) is 4.39 Å². The molecule has 0 saturated carbocycles. The van der Waals surface area contributed by atoms with E-state index in [9.17, 15) is 4.39 Å². The van der Waals surface area contributed by atoms with Crippen LogP contribution >= 0.6 is 0 Å². The van der Waals surface area contributed by atoms with Gasteiger partial charge < -0.3 is 4.90 Å². The molecule has 0 radical (unpaired) electrons. The fourth-order valence-corrected chi connectivity index (χ4v) is 3.76. The van der Waals surface area contributed by atoms with Gasteiger partial charge in [-0.3, -0.25) is 0 Å². The first kappa shape index (κ1) is 18.8. The topological polar surface area (TPSA) is 3.24 Å². The summed E-state index contributed by atoms with van der Waals surface area (Å²) in [6.45, 7) is 3.68. The van der Waals surface area contributed by atoms with Gasteiger partial charge in [0.1, 0.15) is 5.82 Å². The number of benzene rings is 2. The highest BCUT2D eigenvalue weighted by Gasteiger charge is 2.10. The molecule has 138 valence electrons. The van der Waals surface area contributed by atoms with Crippen LogP contribution in [0, 0.1) is 5.82 Å². The first-order valence-corrected chi connectivity index (χ1v) is 10.0. The molecule has 1 aliphatic heterocycles. The molecule has 0 amide bonds. The van der Waals surface area contributed by atoms with E-state index in [0.29, 0.717) is 0 Å². The Morgan fingerprint density at radius 1 is 0.923 bits per heavy atom. The van der Waals surface area contributed by atoms with Crippen molar-refractivity contribution in [2.24, 2.45) is 0 Å². The Hall–Kier alpha value is -1.93. The van der Waals surface area contributed by atoms with E-state index in [1.807, 2.05) is 12.1 Å². The third-order valence-electron chi connectivity index (χ3n) is 5.25. The predicted molar refractivity (Wildman–Crippen MR) is 109 cm³/mol. The summed E-state index contributed by atoms with van der Waals surface area (Å²) in [6, 6.07) is 17.6. The number of likely N-dealkylation sites (tertiary alicyclic amines) is 1. The first-order valence-electron chi connectivity index (χ1n) is 10.0. The Kier molecular flexibility index (Phi) is 7.45. The van der Waals surface area contributed by atoms with Gasteiger partial charge in [0.05, 0.1) is 0 Å². The van der Waals surface area contributed by atoms with Crippen LogP contribution < -0.4 is 0 Å². The maximum atomic E-state index is 13.3. The molecule has 1 fully saturated rings. The van der Waals surface area contributed by atoms with Gasteiger partial charge in [-0.15, -0.1) is 0 Å². The summed E-state index contributed by atoms with van der Waals surface area (Å²) in [5.41, 5.74) is 3.89. The van der Waals surface area contributed by atoms with E-state index in [-0.39, 0.29) is 5.82 Å². The molecule has 2 aromatic carbocycles. The Bertz CT molecular complexity index is 669. The number of hydrogen-bond acceptors (Lipinski definition) is 1. The van der Waals surface area contributed by atoms with Crippen molar-refractivity contribution in [3.8, 4) is 0 Å². The van der Waals surface area contributed by atoms with Crippen molar-refractivity contribution in [3.63, 3.8) is 0 Å². The van der Waals surface area contributed by atoms with Gasteiger partial charge >= 0.3 is 0 Å². The summed E-state index contributed by atoms with van der Waals surface area (Å²) in [7, 11) is 0. The number of hydrogen-bond donors (Lipinski definition) is 0. The third kappa shape index (κ3) is 6.10. The van der Waals surface area contributed by atoms with Crippen molar-refractivity contribution in [1.82, 2.24) is 4.90 Å². The minimum Gasteiger partial charge on any atom is -0.303 e. The number of nitrogens with zero attached hydrogens (tertiary/aromatic N) is 1. The van der Waals surface area contributed by atoms with Crippen LogP contribution in [0.15, 0.2) is 60.7 Å². The summed E-state index contributed by atoms with van der Waals surface area (Å²) in [5.74, 6) is -0.161. The monoisotopic (exact) mass is 351 g/mol. The molecule has 2 aromatic rings. The molecule has 1 heterocycles. The van der Waals surface area contributed by atoms with Crippen molar-refractivity contribution >= 4 is 5.57 Å². The zero-order valence-electron chi connectivity index (χ0n) is 15.7. The van der Waals surface area contributed by atoms with Crippen molar-refractivity contribution in [2.45, 2.75) is 44.9 Å². The Morgan fingerprint density at radius 3 is 2.38 bits per heavy atom. The van der Waals surface area contributed by atoms with Crippen LogP contribution in [0.3, 0.4) is 0 Å². The van der Waals surface area contributed by atoms with E-state index in [1.54, 1.807) is 12.1 Å². The lowest BCUT2D eigenvalue weighted by atomic mass is 9.98. The lowest BCUT2D eigenvalue weighted by Gasteiger charge is -2.26. The Morgan fingerprint density at radius 2 is 1.65 bits per heavy atom. The van der Waals surface area contributed by atoms with Gasteiger partial charge in [-0.2, -0.15) is 0 Å². The van der Waals surface area contributed by atoms with E-state index in [2.05, 4.69) is 41.3 Å². The molecule has 0 spiro atoms. The fraction of sp³-hybridized carbons (Fsp3) is 0.417. The smallest absolute Gasteiger partial charge is 0.123 e. The molecular weight excluding hydrogens is 321 g/mol. The highest BCUT2D eigenvalue weighted by Crippen LogP contribution is 2.22. The summed E-state index contributed by atoms with van der Waals surface area (Å²) in [6.07, 6.45) is 10.8. The Balaban J connectivity index is 1.59. The molecule has 0 unspecified atom stereocenters. The molecule has 0 aliphatic carbocycles. The van der Waals surface area contributed by atoms with E-state index < -0.39 is 0 Å². The van der Waals surface area contributed by atoms with E-state index in [1.165, 1.54) is 56.5 Å². The van der Waals surface area contributed by atoms with Crippen molar-refractivity contribution in [2.75, 3.05) is 19.6 Å². The fourth-order valence-electron chi connectivity index (χ4n) is 3.76. The molecule has 2 heteroatoms. The molecule has 0 atom stereocenters. The number of piperidine rings is 1. The van der Waals surface area contributed by atoms with Gasteiger partial charge in [0, 0.05) is 0 Å². The van der Waals surface area contributed by atoms with Crippen LogP contribution in [0.2, 0.25) is 0 Å².